The molecule has 2 aliphatic heterocycles. The largest absolute Gasteiger partial charge is 0.341 e. The fourth-order valence-corrected chi connectivity index (χ4v) is 6.73. The first-order chi connectivity index (χ1) is 17.7. The number of nitrogens with zero attached hydrogens (tertiary/aromatic N) is 2. The van der Waals surface area contributed by atoms with Crippen LogP contribution in [0.25, 0.3) is 44.2 Å². The molecular weight excluding hydrogens is 444 g/mol. The van der Waals surface area contributed by atoms with E-state index in [2.05, 4.69) is 80.2 Å². The smallest absolute Gasteiger partial charge is 0.124 e. The third-order valence-corrected chi connectivity index (χ3v) is 9.02. The summed E-state index contributed by atoms with van der Waals surface area (Å²) in [5.41, 5.74) is 6.90. The van der Waals surface area contributed by atoms with Gasteiger partial charge in [-0.3, -0.25) is 0 Å². The van der Waals surface area contributed by atoms with Crippen molar-refractivity contribution < 1.29 is 0 Å². The molecule has 36 heavy (non-hydrogen) atoms. The average molecular weight is 473 g/mol. The van der Waals surface area contributed by atoms with Gasteiger partial charge in [-0.25, -0.2) is 9.97 Å². The van der Waals surface area contributed by atoms with Gasteiger partial charge >= 0.3 is 0 Å². The maximum Gasteiger partial charge on any atom is 0.124 e. The number of nitrogens with one attached hydrogen (secondary N) is 4. The van der Waals surface area contributed by atoms with Gasteiger partial charge in [-0.05, 0) is 71.7 Å². The summed E-state index contributed by atoms with van der Waals surface area (Å²) >= 11 is 0. The number of H-pyrrole nitrogens is 2. The number of hydrogen-bond acceptors (Lipinski definition) is 4. The zero-order chi connectivity index (χ0) is 23.4. The molecule has 6 heteroatoms. The van der Waals surface area contributed by atoms with Crippen LogP contribution in [0.1, 0.15) is 49.4 Å². The quantitative estimate of drug-likeness (QED) is 0.274. The standard InChI is InChI=1S/C30H28N6/c1-3-16(27-14-31-29(35-27)25-12-19-10-23(19)32-25)4-2-15(1)17-5-7-21-18(9-17)6-8-22-28(21)36-30(34-22)26-13-20-11-24(20)33-26/h1-9,14,19-20,23-26,32-33H,10-13H2,(H,31,35)(H,34,36)/t19?,20-,23?,24-,25+,26+/m1/s1. The van der Waals surface area contributed by atoms with E-state index in [0.717, 1.165) is 52.3 Å². The Hall–Kier alpha value is -3.48. The summed E-state index contributed by atoms with van der Waals surface area (Å²) in [5, 5.41) is 9.83. The Kier molecular flexibility index (Phi) is 3.86. The molecule has 0 radical (unpaired) electrons. The highest BCUT2D eigenvalue weighted by Gasteiger charge is 2.47. The summed E-state index contributed by atoms with van der Waals surface area (Å²) in [4.78, 5) is 16.8. The topological polar surface area (TPSA) is 81.4 Å². The van der Waals surface area contributed by atoms with Crippen LogP contribution in [0, 0.1) is 11.8 Å². The van der Waals surface area contributed by atoms with Crippen molar-refractivity contribution in [3.05, 3.63) is 72.4 Å². The van der Waals surface area contributed by atoms with Crippen molar-refractivity contribution in [2.75, 3.05) is 0 Å². The first-order valence-electron chi connectivity index (χ1n) is 13.4. The molecule has 5 aromatic rings. The molecule has 2 saturated carbocycles. The number of piperidine rings is 2. The van der Waals surface area contributed by atoms with Crippen LogP contribution in [0.3, 0.4) is 0 Å². The second-order valence-corrected chi connectivity index (χ2v) is 11.4. The normalized spacial score (nSPS) is 30.1. The highest BCUT2D eigenvalue weighted by molar-refractivity contribution is 6.05. The second kappa shape index (κ2) is 7.05. The van der Waals surface area contributed by atoms with Gasteiger partial charge in [0.1, 0.15) is 11.6 Å². The third kappa shape index (κ3) is 3.04. The molecule has 2 aromatic heterocycles. The van der Waals surface area contributed by atoms with Crippen LogP contribution in [-0.4, -0.2) is 32.0 Å². The van der Waals surface area contributed by atoms with Crippen molar-refractivity contribution in [1.82, 2.24) is 30.6 Å². The molecule has 2 unspecified atom stereocenters. The predicted octanol–water partition coefficient (Wildman–Crippen LogP) is 5.62. The molecule has 0 bridgehead atoms. The predicted molar refractivity (Wildman–Crippen MR) is 141 cm³/mol. The van der Waals surface area contributed by atoms with Gasteiger partial charge in [0.05, 0.1) is 35.0 Å². The molecule has 2 aliphatic carbocycles. The minimum absolute atomic E-state index is 0.375. The average Bonchev–Trinajstić information content (AvgIpc) is 3.49. The van der Waals surface area contributed by atoms with Crippen LogP contribution < -0.4 is 10.6 Å². The van der Waals surface area contributed by atoms with Gasteiger partial charge in [0.15, 0.2) is 0 Å². The third-order valence-electron chi connectivity index (χ3n) is 9.02. The number of aromatic nitrogens is 4. The van der Waals surface area contributed by atoms with Gasteiger partial charge in [0.25, 0.3) is 0 Å². The molecule has 0 spiro atoms. The number of imidazole rings is 2. The number of benzene rings is 3. The van der Waals surface area contributed by atoms with E-state index in [0.29, 0.717) is 12.1 Å². The molecule has 0 amide bonds. The summed E-state index contributed by atoms with van der Waals surface area (Å²) in [6, 6.07) is 22.1. The minimum atomic E-state index is 0.375. The maximum absolute atomic E-state index is 5.03. The lowest BCUT2D eigenvalue weighted by molar-refractivity contribution is 0.543. The fourth-order valence-electron chi connectivity index (χ4n) is 6.73. The van der Waals surface area contributed by atoms with Gasteiger partial charge < -0.3 is 20.6 Å². The molecule has 178 valence electrons. The summed E-state index contributed by atoms with van der Waals surface area (Å²) < 4.78 is 0. The van der Waals surface area contributed by atoms with Gasteiger partial charge in [0, 0.05) is 17.5 Å². The SMILES string of the molecule is c1cc(-c2cnc([C@@H]3CC4CC4N3)[nH]2)ccc1-c1ccc2c(ccc3[nH]c([C@@H]4C[C@H]5C[C@H]5N4)nc32)c1. The van der Waals surface area contributed by atoms with Crippen molar-refractivity contribution in [3.63, 3.8) is 0 Å². The monoisotopic (exact) mass is 472 g/mol. The number of fused-ring (bicyclic) bond motifs is 5. The molecule has 3 aromatic carbocycles. The van der Waals surface area contributed by atoms with Crippen molar-refractivity contribution in [1.29, 1.82) is 0 Å². The molecule has 4 aliphatic rings. The highest BCUT2D eigenvalue weighted by atomic mass is 15.1. The fraction of sp³-hybridized carbons (Fsp3) is 0.333. The molecule has 9 rings (SSSR count). The maximum atomic E-state index is 5.03. The molecule has 4 N–H and O–H groups in total. The van der Waals surface area contributed by atoms with E-state index in [-0.39, 0.29) is 0 Å². The lowest BCUT2D eigenvalue weighted by Crippen LogP contribution is -2.18. The van der Waals surface area contributed by atoms with Crippen molar-refractivity contribution in [3.8, 4) is 22.4 Å². The van der Waals surface area contributed by atoms with E-state index in [1.807, 2.05) is 6.20 Å². The van der Waals surface area contributed by atoms with E-state index in [1.165, 1.54) is 53.1 Å². The van der Waals surface area contributed by atoms with Gasteiger partial charge in [-0.1, -0.05) is 42.5 Å². The molecule has 6 atom stereocenters. The van der Waals surface area contributed by atoms with E-state index in [1.54, 1.807) is 0 Å². The zero-order valence-corrected chi connectivity index (χ0v) is 20.0. The van der Waals surface area contributed by atoms with Crippen LogP contribution in [-0.2, 0) is 0 Å². The van der Waals surface area contributed by atoms with Crippen molar-refractivity contribution in [2.45, 2.75) is 49.9 Å². The van der Waals surface area contributed by atoms with Gasteiger partial charge in [-0.2, -0.15) is 0 Å². The van der Waals surface area contributed by atoms with E-state index < -0.39 is 0 Å². The zero-order valence-electron chi connectivity index (χ0n) is 20.0. The summed E-state index contributed by atoms with van der Waals surface area (Å²) in [6.45, 7) is 0. The van der Waals surface area contributed by atoms with E-state index in [4.69, 9.17) is 4.98 Å². The first kappa shape index (κ1) is 19.7. The Morgan fingerprint density at radius 1 is 0.667 bits per heavy atom. The van der Waals surface area contributed by atoms with Gasteiger partial charge in [0.2, 0.25) is 0 Å². The first-order valence-corrected chi connectivity index (χ1v) is 13.4. The molecular formula is C30H28N6. The lowest BCUT2D eigenvalue weighted by atomic mass is 9.99. The highest BCUT2D eigenvalue weighted by Crippen LogP contribution is 2.46. The molecule has 4 heterocycles. The Balaban J connectivity index is 0.996. The second-order valence-electron chi connectivity index (χ2n) is 11.4. The van der Waals surface area contributed by atoms with Crippen LogP contribution >= 0.6 is 0 Å². The lowest BCUT2D eigenvalue weighted by Gasteiger charge is -2.09. The Morgan fingerprint density at radius 3 is 2.14 bits per heavy atom. The molecule has 4 fully saturated rings. The molecule has 6 nitrogen and oxygen atoms in total. The van der Waals surface area contributed by atoms with Crippen LogP contribution in [0.4, 0.5) is 0 Å². The minimum Gasteiger partial charge on any atom is -0.341 e. The summed E-state index contributed by atoms with van der Waals surface area (Å²) in [5.74, 6) is 3.89. The van der Waals surface area contributed by atoms with Crippen LogP contribution in [0.5, 0.6) is 0 Å². The van der Waals surface area contributed by atoms with Crippen LogP contribution in [0.15, 0.2) is 60.8 Å². The van der Waals surface area contributed by atoms with Crippen molar-refractivity contribution >= 4 is 21.8 Å². The number of rotatable bonds is 4. The molecule has 2 saturated heterocycles. The summed E-state index contributed by atoms with van der Waals surface area (Å²) in [6.07, 6.45) is 7.07. The van der Waals surface area contributed by atoms with Gasteiger partial charge in [-0.15, -0.1) is 0 Å². The Labute approximate surface area is 208 Å². The van der Waals surface area contributed by atoms with Crippen LogP contribution in [0.2, 0.25) is 0 Å². The van der Waals surface area contributed by atoms with E-state index in [9.17, 15) is 0 Å². The Morgan fingerprint density at radius 2 is 1.39 bits per heavy atom. The number of hydrogen-bond donors (Lipinski definition) is 4. The Bertz CT molecular complexity index is 1630. The van der Waals surface area contributed by atoms with E-state index >= 15 is 0 Å². The summed E-state index contributed by atoms with van der Waals surface area (Å²) in [7, 11) is 0. The number of aromatic amines is 2. The van der Waals surface area contributed by atoms with Crippen molar-refractivity contribution in [2.24, 2.45) is 11.8 Å².